The van der Waals surface area contributed by atoms with Gasteiger partial charge in [0.05, 0.1) is 4.92 Å². The lowest BCUT2D eigenvalue weighted by Gasteiger charge is -2.14. The highest BCUT2D eigenvalue weighted by Crippen LogP contribution is 2.29. The fraction of sp³-hybridized carbons (Fsp3) is 0.182. The quantitative estimate of drug-likeness (QED) is 0.658. The predicted molar refractivity (Wildman–Crippen MR) is 69.3 cm³/mol. The third kappa shape index (κ3) is 2.79. The number of benzene rings is 1. The largest absolute Gasteiger partial charge is 0.871 e. The van der Waals surface area contributed by atoms with Crippen LogP contribution in [0.5, 0.6) is 5.75 Å². The first kappa shape index (κ1) is 14.8. The Morgan fingerprint density at radius 3 is 2.52 bits per heavy atom. The van der Waals surface area contributed by atoms with E-state index in [2.05, 4.69) is 5.16 Å². The molecular weight excluding hydrogens is 302 g/mol. The van der Waals surface area contributed by atoms with Gasteiger partial charge in [-0.2, -0.15) is 0 Å². The van der Waals surface area contributed by atoms with Crippen LogP contribution in [0, 0.1) is 24.0 Å². The molecule has 1 N–H and O–H groups in total. The van der Waals surface area contributed by atoms with Crippen LogP contribution in [-0.2, 0) is 10.0 Å². The fourth-order valence-corrected chi connectivity index (χ4v) is 3.16. The van der Waals surface area contributed by atoms with Crippen LogP contribution in [0.25, 0.3) is 0 Å². The number of nitro groups is 1. The normalized spacial score (nSPS) is 11.3. The van der Waals surface area contributed by atoms with Gasteiger partial charge in [-0.1, -0.05) is 17.0 Å². The lowest BCUT2D eigenvalue weighted by Crippen LogP contribution is -2.16. The molecule has 2 rings (SSSR count). The summed E-state index contributed by atoms with van der Waals surface area (Å²) in [5, 5.41) is 25.8. The molecular formula is C11H10N3O6S-. The van der Waals surface area contributed by atoms with E-state index >= 15 is 0 Å². The summed E-state index contributed by atoms with van der Waals surface area (Å²) in [5.74, 6) is -0.631. The van der Waals surface area contributed by atoms with E-state index in [-0.39, 0.29) is 16.3 Å². The van der Waals surface area contributed by atoms with E-state index in [1.165, 1.54) is 13.8 Å². The Morgan fingerprint density at radius 2 is 2.00 bits per heavy atom. The van der Waals surface area contributed by atoms with Crippen LogP contribution in [0.1, 0.15) is 11.5 Å². The summed E-state index contributed by atoms with van der Waals surface area (Å²) in [6.45, 7) is 2.83. The van der Waals surface area contributed by atoms with E-state index in [0.29, 0.717) is 0 Å². The van der Waals surface area contributed by atoms with Crippen molar-refractivity contribution >= 4 is 21.4 Å². The summed E-state index contributed by atoms with van der Waals surface area (Å²) in [4.78, 5) is 9.74. The molecule has 0 unspecified atom stereocenters. The Morgan fingerprint density at radius 1 is 1.33 bits per heavy atom. The predicted octanol–water partition coefficient (Wildman–Crippen LogP) is 1.07. The Kier molecular flexibility index (Phi) is 3.56. The van der Waals surface area contributed by atoms with E-state index < -0.39 is 32.1 Å². The number of nitrogens with zero attached hydrogens (tertiary/aromatic N) is 2. The van der Waals surface area contributed by atoms with Crippen molar-refractivity contribution in [3.05, 3.63) is 39.8 Å². The first-order valence-electron chi connectivity index (χ1n) is 5.63. The molecule has 9 nitrogen and oxygen atoms in total. The Bertz CT molecular complexity index is 792. The number of anilines is 1. The highest BCUT2D eigenvalue weighted by atomic mass is 32.2. The van der Waals surface area contributed by atoms with Crippen molar-refractivity contribution in [2.75, 3.05) is 4.72 Å². The molecule has 0 radical (unpaired) electrons. The number of nitrogens with one attached hydrogen (secondary N) is 1. The van der Waals surface area contributed by atoms with Crippen molar-refractivity contribution in [1.29, 1.82) is 0 Å². The monoisotopic (exact) mass is 312 g/mol. The molecule has 0 saturated heterocycles. The Hall–Kier alpha value is -2.62. The van der Waals surface area contributed by atoms with Crippen LogP contribution >= 0.6 is 0 Å². The first-order chi connectivity index (χ1) is 9.72. The fourth-order valence-electron chi connectivity index (χ4n) is 1.77. The van der Waals surface area contributed by atoms with Crippen molar-refractivity contribution in [2.24, 2.45) is 0 Å². The number of aryl methyl sites for hydroxylation is 2. The number of rotatable bonds is 4. The number of sulfonamides is 1. The Labute approximate surface area is 119 Å². The van der Waals surface area contributed by atoms with Crippen LogP contribution in [0.2, 0.25) is 0 Å². The van der Waals surface area contributed by atoms with Gasteiger partial charge in [-0.25, -0.2) is 8.42 Å². The van der Waals surface area contributed by atoms with Gasteiger partial charge in [0.2, 0.25) is 0 Å². The zero-order chi connectivity index (χ0) is 15.8. The first-order valence-corrected chi connectivity index (χ1v) is 7.12. The molecule has 1 heterocycles. The van der Waals surface area contributed by atoms with E-state index in [4.69, 9.17) is 4.52 Å². The third-order valence-electron chi connectivity index (χ3n) is 2.65. The van der Waals surface area contributed by atoms with Gasteiger partial charge in [0.25, 0.3) is 15.7 Å². The van der Waals surface area contributed by atoms with Crippen LogP contribution in [0.15, 0.2) is 27.6 Å². The standard InChI is InChI=1S/C11H11N3O6S/c1-6-11(7(2)20-12-6)21(18,19)13-9-5-8(14(16)17)3-4-10(9)15/h3-5,13,15H,1-2H3/p-1. The van der Waals surface area contributed by atoms with Crippen molar-refractivity contribution in [3.8, 4) is 5.75 Å². The highest BCUT2D eigenvalue weighted by molar-refractivity contribution is 7.92. The Balaban J connectivity index is 2.46. The maximum Gasteiger partial charge on any atom is 0.271 e. The molecule has 0 aliphatic carbocycles. The molecule has 21 heavy (non-hydrogen) atoms. The summed E-state index contributed by atoms with van der Waals surface area (Å²) >= 11 is 0. The van der Waals surface area contributed by atoms with Crippen molar-refractivity contribution in [3.63, 3.8) is 0 Å². The van der Waals surface area contributed by atoms with Gasteiger partial charge >= 0.3 is 0 Å². The number of hydrogen-bond donors (Lipinski definition) is 1. The number of nitro benzene ring substituents is 1. The lowest BCUT2D eigenvalue weighted by atomic mass is 10.2. The minimum absolute atomic E-state index is 0.0536. The number of hydrogen-bond acceptors (Lipinski definition) is 7. The van der Waals surface area contributed by atoms with Crippen LogP contribution in [0.3, 0.4) is 0 Å². The van der Waals surface area contributed by atoms with Gasteiger partial charge in [0.1, 0.15) is 5.69 Å². The summed E-state index contributed by atoms with van der Waals surface area (Å²) in [7, 11) is -4.13. The smallest absolute Gasteiger partial charge is 0.271 e. The van der Waals surface area contributed by atoms with Crippen LogP contribution < -0.4 is 9.83 Å². The highest BCUT2D eigenvalue weighted by Gasteiger charge is 2.25. The topological polar surface area (TPSA) is 138 Å². The van der Waals surface area contributed by atoms with E-state index in [0.717, 1.165) is 18.2 Å². The van der Waals surface area contributed by atoms with Gasteiger partial charge in [-0.3, -0.25) is 14.8 Å². The van der Waals surface area contributed by atoms with E-state index in [1.54, 1.807) is 0 Å². The maximum absolute atomic E-state index is 12.2. The number of non-ortho nitro benzene ring substituents is 1. The van der Waals surface area contributed by atoms with E-state index in [1.807, 2.05) is 4.72 Å². The second kappa shape index (κ2) is 5.05. The molecule has 112 valence electrons. The molecule has 10 heteroatoms. The van der Waals surface area contributed by atoms with Gasteiger partial charge in [-0.15, -0.1) is 0 Å². The maximum atomic E-state index is 12.2. The zero-order valence-corrected chi connectivity index (χ0v) is 11.8. The summed E-state index contributed by atoms with van der Waals surface area (Å²) in [5.41, 5.74) is -0.687. The second-order valence-corrected chi connectivity index (χ2v) is 5.82. The van der Waals surface area contributed by atoms with Gasteiger partial charge in [0, 0.05) is 17.8 Å². The van der Waals surface area contributed by atoms with E-state index in [9.17, 15) is 23.6 Å². The minimum Gasteiger partial charge on any atom is -0.871 e. The molecule has 1 aromatic carbocycles. The number of aromatic nitrogens is 1. The molecule has 0 amide bonds. The lowest BCUT2D eigenvalue weighted by molar-refractivity contribution is -0.385. The molecule has 0 atom stereocenters. The summed E-state index contributed by atoms with van der Waals surface area (Å²) in [6.07, 6.45) is 0. The molecule has 0 saturated carbocycles. The van der Waals surface area contributed by atoms with Gasteiger partial charge in [-0.05, 0) is 13.8 Å². The molecule has 2 aromatic rings. The van der Waals surface area contributed by atoms with Crippen molar-refractivity contribution in [1.82, 2.24) is 5.16 Å². The van der Waals surface area contributed by atoms with Gasteiger partial charge < -0.3 is 9.63 Å². The van der Waals surface area contributed by atoms with Crippen LogP contribution in [-0.4, -0.2) is 18.5 Å². The van der Waals surface area contributed by atoms with Crippen molar-refractivity contribution < 1.29 is 23.0 Å². The molecule has 0 aliphatic heterocycles. The molecule has 0 fully saturated rings. The SMILES string of the molecule is Cc1noc(C)c1S(=O)(=O)Nc1cc([N+](=O)[O-])ccc1[O-]. The molecule has 1 aromatic heterocycles. The molecule has 0 bridgehead atoms. The summed E-state index contributed by atoms with van der Waals surface area (Å²) < 4.78 is 31.2. The van der Waals surface area contributed by atoms with Gasteiger partial charge in [0.15, 0.2) is 10.7 Å². The zero-order valence-electron chi connectivity index (χ0n) is 11.0. The van der Waals surface area contributed by atoms with Crippen LogP contribution in [0.4, 0.5) is 11.4 Å². The molecule has 0 spiro atoms. The molecule has 0 aliphatic rings. The third-order valence-corrected chi connectivity index (χ3v) is 4.26. The summed E-state index contributed by atoms with van der Waals surface area (Å²) in [6, 6.07) is 2.78. The second-order valence-electron chi connectivity index (χ2n) is 4.20. The average Bonchev–Trinajstić information content (AvgIpc) is 2.71. The average molecular weight is 312 g/mol. The van der Waals surface area contributed by atoms with Crippen molar-refractivity contribution in [2.45, 2.75) is 18.7 Å². The minimum atomic E-state index is -4.13.